The van der Waals surface area contributed by atoms with Gasteiger partial charge in [0.15, 0.2) is 0 Å². The number of carbonyl (C=O) groups is 2. The molecule has 1 aromatic heterocycles. The van der Waals surface area contributed by atoms with Crippen LogP contribution in [0.25, 0.3) is 0 Å². The van der Waals surface area contributed by atoms with E-state index in [4.69, 9.17) is 9.47 Å². The molecule has 1 saturated heterocycles. The molecule has 2 bridgehead atoms. The lowest BCUT2D eigenvalue weighted by atomic mass is 9.95. The number of hydrogen-bond donors (Lipinski definition) is 0. The quantitative estimate of drug-likeness (QED) is 0.746. The highest BCUT2D eigenvalue weighted by Gasteiger charge is 2.49. The van der Waals surface area contributed by atoms with Crippen LogP contribution in [0.2, 0.25) is 0 Å². The zero-order valence-corrected chi connectivity index (χ0v) is 15.1. The van der Waals surface area contributed by atoms with E-state index in [0.717, 1.165) is 32.2 Å². The molecule has 3 fully saturated rings. The second-order valence-electron chi connectivity index (χ2n) is 7.48. The van der Waals surface area contributed by atoms with E-state index in [0.29, 0.717) is 24.0 Å². The van der Waals surface area contributed by atoms with Crippen molar-refractivity contribution in [1.82, 2.24) is 9.97 Å². The number of anilines is 1. The van der Waals surface area contributed by atoms with E-state index in [1.807, 2.05) is 0 Å². The number of piperidine rings is 1. The highest BCUT2D eigenvalue weighted by Crippen LogP contribution is 2.44. The predicted molar refractivity (Wildman–Crippen MR) is 93.7 cm³/mol. The number of rotatable bonds is 5. The minimum Gasteiger partial charge on any atom is -0.462 e. The third-order valence-electron chi connectivity index (χ3n) is 5.84. The van der Waals surface area contributed by atoms with Gasteiger partial charge in [0.1, 0.15) is 6.10 Å². The average Bonchev–Trinajstić information content (AvgIpc) is 3.39. The Morgan fingerprint density at radius 1 is 1.19 bits per heavy atom. The lowest BCUT2D eigenvalue weighted by Gasteiger charge is -2.31. The Bertz CT molecular complexity index is 672. The molecule has 2 aliphatic carbocycles. The number of esters is 2. The number of aromatic nitrogens is 2. The topological polar surface area (TPSA) is 81.6 Å². The molecule has 0 aromatic carbocycles. The van der Waals surface area contributed by atoms with E-state index in [2.05, 4.69) is 14.9 Å². The third-order valence-corrected chi connectivity index (χ3v) is 5.84. The minimum atomic E-state index is -0.406. The molecule has 2 saturated carbocycles. The van der Waals surface area contributed by atoms with Crippen molar-refractivity contribution >= 4 is 17.9 Å². The fraction of sp³-hybridized carbons (Fsp3) is 0.684. The van der Waals surface area contributed by atoms with Crippen molar-refractivity contribution < 1.29 is 19.1 Å². The van der Waals surface area contributed by atoms with Gasteiger partial charge in [-0.15, -0.1) is 0 Å². The summed E-state index contributed by atoms with van der Waals surface area (Å²) < 4.78 is 10.7. The van der Waals surface area contributed by atoms with Crippen molar-refractivity contribution in [2.24, 2.45) is 11.8 Å². The van der Waals surface area contributed by atoms with Crippen LogP contribution in [-0.2, 0) is 14.3 Å². The predicted octanol–water partition coefficient (Wildman–Crippen LogP) is 2.35. The molecule has 3 atom stereocenters. The van der Waals surface area contributed by atoms with Crippen molar-refractivity contribution in [3.63, 3.8) is 0 Å². The Hall–Kier alpha value is -2.18. The Morgan fingerprint density at radius 2 is 1.92 bits per heavy atom. The van der Waals surface area contributed by atoms with Crippen LogP contribution in [0.1, 0.15) is 55.8 Å². The monoisotopic (exact) mass is 359 g/mol. The first-order valence-electron chi connectivity index (χ1n) is 9.62. The molecule has 7 heteroatoms. The summed E-state index contributed by atoms with van der Waals surface area (Å²) in [6, 6.07) is 0.273. The maximum absolute atomic E-state index is 12.5. The van der Waals surface area contributed by atoms with Crippen molar-refractivity contribution in [3.05, 3.63) is 18.0 Å². The first kappa shape index (κ1) is 17.2. The second kappa shape index (κ2) is 7.21. The zero-order chi connectivity index (χ0) is 18.1. The van der Waals surface area contributed by atoms with Gasteiger partial charge in [0.25, 0.3) is 0 Å². The van der Waals surface area contributed by atoms with E-state index in [1.54, 1.807) is 6.92 Å². The molecule has 26 heavy (non-hydrogen) atoms. The Morgan fingerprint density at radius 3 is 2.54 bits per heavy atom. The van der Waals surface area contributed by atoms with Gasteiger partial charge in [-0.1, -0.05) is 0 Å². The zero-order valence-electron chi connectivity index (χ0n) is 15.1. The molecular weight excluding hydrogens is 334 g/mol. The Balaban J connectivity index is 1.36. The van der Waals surface area contributed by atoms with Gasteiger partial charge in [0.2, 0.25) is 5.95 Å². The lowest BCUT2D eigenvalue weighted by Crippen LogP contribution is -2.39. The summed E-state index contributed by atoms with van der Waals surface area (Å²) in [5.41, 5.74) is 0.359. The van der Waals surface area contributed by atoms with E-state index in [-0.39, 0.29) is 24.0 Å². The molecule has 0 spiro atoms. The van der Waals surface area contributed by atoms with Crippen LogP contribution in [0.15, 0.2) is 12.4 Å². The fourth-order valence-corrected chi connectivity index (χ4v) is 4.53. The van der Waals surface area contributed by atoms with Crippen molar-refractivity contribution in [2.75, 3.05) is 18.1 Å². The molecule has 4 rings (SSSR count). The van der Waals surface area contributed by atoms with Gasteiger partial charge in [0.05, 0.1) is 18.1 Å². The number of hydrogen-bond acceptors (Lipinski definition) is 7. The van der Waals surface area contributed by atoms with E-state index in [9.17, 15) is 9.59 Å². The molecule has 0 radical (unpaired) electrons. The maximum Gasteiger partial charge on any atom is 0.341 e. The van der Waals surface area contributed by atoms with Crippen LogP contribution >= 0.6 is 0 Å². The molecule has 2 heterocycles. The minimum absolute atomic E-state index is 0.00987. The van der Waals surface area contributed by atoms with Crippen LogP contribution in [-0.4, -0.2) is 47.2 Å². The van der Waals surface area contributed by atoms with Crippen molar-refractivity contribution in [1.29, 1.82) is 0 Å². The number of ether oxygens (including phenoxy) is 2. The molecule has 140 valence electrons. The van der Waals surface area contributed by atoms with Gasteiger partial charge in [-0.05, 0) is 51.4 Å². The SMILES string of the molecule is CCOC(=O)c1cnc(N2C[C@@H]3C[C@H]2CC3C(=O)OC2CCCC2)nc1. The lowest BCUT2D eigenvalue weighted by molar-refractivity contribution is -0.155. The van der Waals surface area contributed by atoms with E-state index >= 15 is 0 Å². The molecule has 1 unspecified atom stereocenters. The largest absolute Gasteiger partial charge is 0.462 e. The first-order valence-corrected chi connectivity index (χ1v) is 9.62. The average molecular weight is 359 g/mol. The first-order chi connectivity index (χ1) is 12.7. The number of nitrogens with zero attached hydrogens (tertiary/aromatic N) is 3. The molecule has 1 aromatic rings. The van der Waals surface area contributed by atoms with Gasteiger partial charge < -0.3 is 14.4 Å². The fourth-order valence-electron chi connectivity index (χ4n) is 4.53. The van der Waals surface area contributed by atoms with Gasteiger partial charge in [-0.2, -0.15) is 0 Å². The van der Waals surface area contributed by atoms with E-state index < -0.39 is 5.97 Å². The normalized spacial score (nSPS) is 27.7. The third kappa shape index (κ3) is 3.27. The molecule has 7 nitrogen and oxygen atoms in total. The second-order valence-corrected chi connectivity index (χ2v) is 7.48. The summed E-state index contributed by atoms with van der Waals surface area (Å²) in [5, 5.41) is 0. The number of carbonyl (C=O) groups excluding carboxylic acids is 2. The molecule has 0 N–H and O–H groups in total. The highest BCUT2D eigenvalue weighted by molar-refractivity contribution is 5.88. The summed E-state index contributed by atoms with van der Waals surface area (Å²) in [4.78, 5) is 35.0. The van der Waals surface area contributed by atoms with Gasteiger partial charge in [-0.3, -0.25) is 4.79 Å². The molecular formula is C19H25N3O4. The molecule has 1 aliphatic heterocycles. The molecule has 0 amide bonds. The van der Waals surface area contributed by atoms with Gasteiger partial charge in [-0.25, -0.2) is 14.8 Å². The summed E-state index contributed by atoms with van der Waals surface area (Å²) >= 11 is 0. The molecule has 3 aliphatic rings. The van der Waals surface area contributed by atoms with Gasteiger partial charge in [0, 0.05) is 25.0 Å². The summed E-state index contributed by atoms with van der Waals surface area (Å²) in [5.74, 6) is 0.519. The van der Waals surface area contributed by atoms with E-state index in [1.165, 1.54) is 25.2 Å². The maximum atomic E-state index is 12.5. The standard InChI is InChI=1S/C19H25N3O4/c1-2-25-17(23)13-9-20-19(21-10-13)22-11-12-7-14(22)8-16(12)18(24)26-15-5-3-4-6-15/h9-10,12,14-16H,2-8,11H2,1H3/t12-,14-,16?/m0/s1. The van der Waals surface area contributed by atoms with Crippen molar-refractivity contribution in [3.8, 4) is 0 Å². The Labute approximate surface area is 153 Å². The highest BCUT2D eigenvalue weighted by atomic mass is 16.5. The van der Waals surface area contributed by atoms with Crippen LogP contribution < -0.4 is 4.90 Å². The summed E-state index contributed by atoms with van der Waals surface area (Å²) in [6.07, 6.45) is 9.31. The van der Waals surface area contributed by atoms with Crippen LogP contribution in [0.4, 0.5) is 5.95 Å². The van der Waals surface area contributed by atoms with Crippen LogP contribution in [0.5, 0.6) is 0 Å². The summed E-state index contributed by atoms with van der Waals surface area (Å²) in [7, 11) is 0. The van der Waals surface area contributed by atoms with Crippen LogP contribution in [0, 0.1) is 11.8 Å². The smallest absolute Gasteiger partial charge is 0.341 e. The van der Waals surface area contributed by atoms with Gasteiger partial charge >= 0.3 is 11.9 Å². The summed E-state index contributed by atoms with van der Waals surface area (Å²) in [6.45, 7) is 2.87. The number of fused-ring (bicyclic) bond motifs is 2. The Kier molecular flexibility index (Phi) is 4.78. The van der Waals surface area contributed by atoms with Crippen LogP contribution in [0.3, 0.4) is 0 Å². The van der Waals surface area contributed by atoms with Crippen molar-refractivity contribution in [2.45, 2.75) is 57.6 Å².